The van der Waals surface area contributed by atoms with Crippen LogP contribution in [0.2, 0.25) is 10.0 Å². The van der Waals surface area contributed by atoms with E-state index in [-0.39, 0.29) is 63.0 Å². The van der Waals surface area contributed by atoms with Crippen LogP contribution in [0.3, 0.4) is 0 Å². The Kier molecular flexibility index (Phi) is 11.1. The number of nitrogens with one attached hydrogen (secondary N) is 1. The maximum absolute atomic E-state index is 12.8. The number of benzene rings is 1. The maximum Gasteiger partial charge on any atom is 1.00 e. The summed E-state index contributed by atoms with van der Waals surface area (Å²) in [4.78, 5) is 27.9. The summed E-state index contributed by atoms with van der Waals surface area (Å²) in [5.41, 5.74) is 3.89. The van der Waals surface area contributed by atoms with Gasteiger partial charge in [0.1, 0.15) is 0 Å². The van der Waals surface area contributed by atoms with E-state index in [0.29, 0.717) is 54.6 Å². The Balaban J connectivity index is 0.00000385. The summed E-state index contributed by atoms with van der Waals surface area (Å²) >= 11 is 14.4. The molecule has 2 heterocycles. The molecule has 3 rings (SSSR count). The van der Waals surface area contributed by atoms with Gasteiger partial charge in [-0.3, -0.25) is 9.59 Å². The number of carbonyl (C=O) groups is 2. The Morgan fingerprint density at radius 3 is 2.39 bits per heavy atom. The molecular formula is C22H20Cl2KN3O3S2. The van der Waals surface area contributed by atoms with E-state index in [9.17, 15) is 14.7 Å². The molecule has 0 aliphatic heterocycles. The Bertz CT molecular complexity index is 1190. The normalized spacial score (nSPS) is 11.1. The van der Waals surface area contributed by atoms with Crippen LogP contribution in [0.1, 0.15) is 45.7 Å². The Labute approximate surface area is 253 Å². The number of hydrogen-bond donors (Lipinski definition) is 1. The minimum atomic E-state index is -0.444. The minimum Gasteiger partial charge on any atom is -0.871 e. The molecular weight excluding hydrogens is 528 g/mol. The standard InChI is InChI=1S/C22H21Cl2N3O3S2.K/c1-4-27(5-2)22(30)18-9-8-17(32-18)21(29)26-25-12(3)14-11-31-20(19(14)28)13-6-7-15(23)16(24)10-13;/h6-11,28H,4-5H2,1-3H3,(H,26,29);/q;+1/p-1/b25-12+;. The van der Waals surface area contributed by atoms with Gasteiger partial charge >= 0.3 is 51.4 Å². The monoisotopic (exact) mass is 547 g/mol. The third kappa shape index (κ3) is 6.68. The smallest absolute Gasteiger partial charge is 0.871 e. The third-order valence-corrected chi connectivity index (χ3v) is 7.55. The SMILES string of the molecule is CCN(CC)C(=O)c1ccc(C(=O)N/N=C(\C)c2csc(-c3ccc(Cl)c(Cl)c3)c2[O-])s1.[K+]. The molecule has 1 aromatic carbocycles. The molecule has 0 saturated heterocycles. The zero-order valence-electron chi connectivity index (χ0n) is 18.6. The average molecular weight is 549 g/mol. The first kappa shape index (κ1) is 28.5. The van der Waals surface area contributed by atoms with Crippen LogP contribution < -0.4 is 61.9 Å². The van der Waals surface area contributed by atoms with Crippen molar-refractivity contribution in [2.75, 3.05) is 13.1 Å². The van der Waals surface area contributed by atoms with Gasteiger partial charge in [0.15, 0.2) is 0 Å². The van der Waals surface area contributed by atoms with Crippen LogP contribution in [0.15, 0.2) is 40.8 Å². The molecule has 11 heteroatoms. The second-order valence-electron chi connectivity index (χ2n) is 6.72. The molecule has 0 saturated carbocycles. The summed E-state index contributed by atoms with van der Waals surface area (Å²) in [6.45, 7) is 6.65. The third-order valence-electron chi connectivity index (χ3n) is 4.73. The molecule has 6 nitrogen and oxygen atoms in total. The summed E-state index contributed by atoms with van der Waals surface area (Å²) in [7, 11) is 0. The van der Waals surface area contributed by atoms with Crippen molar-refractivity contribution in [3.8, 4) is 16.2 Å². The van der Waals surface area contributed by atoms with Crippen molar-refractivity contribution in [3.63, 3.8) is 0 Å². The maximum atomic E-state index is 12.8. The summed E-state index contributed by atoms with van der Waals surface area (Å²) < 4.78 is 0. The fourth-order valence-corrected chi connectivity index (χ4v) is 5.08. The summed E-state index contributed by atoms with van der Waals surface area (Å²) in [6.07, 6.45) is 0. The fourth-order valence-electron chi connectivity index (χ4n) is 2.92. The van der Waals surface area contributed by atoms with Gasteiger partial charge in [0.25, 0.3) is 11.8 Å². The van der Waals surface area contributed by atoms with Gasteiger partial charge in [-0.1, -0.05) is 35.0 Å². The molecule has 33 heavy (non-hydrogen) atoms. The molecule has 0 aliphatic carbocycles. The molecule has 2 amide bonds. The van der Waals surface area contributed by atoms with Crippen LogP contribution in [-0.2, 0) is 0 Å². The van der Waals surface area contributed by atoms with Gasteiger partial charge in [0.05, 0.1) is 25.5 Å². The van der Waals surface area contributed by atoms with Crippen LogP contribution >= 0.6 is 45.9 Å². The van der Waals surface area contributed by atoms with Crippen molar-refractivity contribution in [3.05, 3.63) is 61.1 Å². The number of nitrogens with zero attached hydrogens (tertiary/aromatic N) is 2. The molecule has 0 spiro atoms. The van der Waals surface area contributed by atoms with Crippen molar-refractivity contribution in [1.29, 1.82) is 0 Å². The summed E-state index contributed by atoms with van der Waals surface area (Å²) in [5, 5.41) is 19.4. The van der Waals surface area contributed by atoms with Gasteiger partial charge in [-0.2, -0.15) is 5.10 Å². The molecule has 1 N–H and O–H groups in total. The molecule has 0 aliphatic rings. The molecule has 0 unspecified atom stereocenters. The molecule has 0 radical (unpaired) electrons. The van der Waals surface area contributed by atoms with Gasteiger partial charge in [-0.05, 0) is 56.0 Å². The predicted molar refractivity (Wildman–Crippen MR) is 130 cm³/mol. The molecule has 168 valence electrons. The molecule has 0 fully saturated rings. The van der Waals surface area contributed by atoms with E-state index in [1.807, 2.05) is 13.8 Å². The van der Waals surface area contributed by atoms with Crippen molar-refractivity contribution >= 4 is 63.4 Å². The Hall–Kier alpha value is -0.754. The van der Waals surface area contributed by atoms with Gasteiger partial charge in [-0.15, -0.1) is 22.7 Å². The van der Waals surface area contributed by atoms with E-state index in [2.05, 4.69) is 10.5 Å². The zero-order chi connectivity index (χ0) is 23.4. The van der Waals surface area contributed by atoms with Crippen LogP contribution in [-0.4, -0.2) is 35.5 Å². The summed E-state index contributed by atoms with van der Waals surface area (Å²) in [6, 6.07) is 8.23. The fraction of sp³-hybridized carbons (Fsp3) is 0.227. The first-order valence-electron chi connectivity index (χ1n) is 9.74. The topological polar surface area (TPSA) is 84.8 Å². The van der Waals surface area contributed by atoms with Crippen molar-refractivity contribution in [2.45, 2.75) is 20.8 Å². The van der Waals surface area contributed by atoms with Crippen molar-refractivity contribution in [1.82, 2.24) is 10.3 Å². The van der Waals surface area contributed by atoms with Crippen LogP contribution in [0.4, 0.5) is 0 Å². The number of hydrogen-bond acceptors (Lipinski definition) is 6. The van der Waals surface area contributed by atoms with Gasteiger partial charge < -0.3 is 10.0 Å². The number of halogens is 2. The average Bonchev–Trinajstić information content (AvgIpc) is 3.42. The second kappa shape index (κ2) is 12.8. The van der Waals surface area contributed by atoms with E-state index in [4.69, 9.17) is 23.2 Å². The quantitative estimate of drug-likeness (QED) is 0.280. The van der Waals surface area contributed by atoms with Crippen LogP contribution in [0, 0.1) is 0 Å². The molecule has 2 aromatic heterocycles. The van der Waals surface area contributed by atoms with Crippen LogP contribution in [0.25, 0.3) is 10.4 Å². The van der Waals surface area contributed by atoms with E-state index in [0.717, 1.165) is 11.3 Å². The zero-order valence-corrected chi connectivity index (χ0v) is 24.8. The van der Waals surface area contributed by atoms with Crippen molar-refractivity contribution < 1.29 is 66.1 Å². The van der Waals surface area contributed by atoms with Crippen molar-refractivity contribution in [2.24, 2.45) is 5.10 Å². The van der Waals surface area contributed by atoms with Gasteiger partial charge in [0, 0.05) is 23.5 Å². The van der Waals surface area contributed by atoms with E-state index in [1.165, 1.54) is 11.3 Å². The number of thiophene rings is 2. The number of carbonyl (C=O) groups excluding carboxylic acids is 2. The number of hydrazone groups is 1. The van der Waals surface area contributed by atoms with E-state index >= 15 is 0 Å². The first-order chi connectivity index (χ1) is 15.3. The molecule has 0 atom stereocenters. The van der Waals surface area contributed by atoms with E-state index < -0.39 is 5.91 Å². The second-order valence-corrected chi connectivity index (χ2v) is 9.49. The molecule has 3 aromatic rings. The molecule has 0 bridgehead atoms. The minimum absolute atomic E-state index is 0. The van der Waals surface area contributed by atoms with E-state index in [1.54, 1.807) is 47.5 Å². The Morgan fingerprint density at radius 1 is 1.09 bits per heavy atom. The van der Waals surface area contributed by atoms with Gasteiger partial charge in [0.2, 0.25) is 0 Å². The predicted octanol–water partition coefficient (Wildman–Crippen LogP) is 2.50. The summed E-state index contributed by atoms with van der Waals surface area (Å²) in [5.74, 6) is -0.754. The first-order valence-corrected chi connectivity index (χ1v) is 12.2. The number of amides is 2. The Morgan fingerprint density at radius 2 is 1.76 bits per heavy atom. The largest absolute Gasteiger partial charge is 1.00 e. The number of rotatable bonds is 7. The van der Waals surface area contributed by atoms with Gasteiger partial charge in [-0.25, -0.2) is 5.43 Å². The van der Waals surface area contributed by atoms with Crippen LogP contribution in [0.5, 0.6) is 5.75 Å².